The standard InChI is InChI=1S/C37H44F4O4/c1-4-5-6-7-8-9-10-11-12-26-14-16-27(17-15-26)30-20-19-29(35(42)43)23-32(30)28-18-21-31(33(38)24-28)36(44)45-34(37(39,40)41)22-13-25(2)3/h14-21,23-25,34H,4-13,22H2,1-3H3,(H,42,43)/t34-/m1/s1. The summed E-state index contributed by atoms with van der Waals surface area (Å²) in [5.41, 5.74) is 2.68. The number of esters is 1. The van der Waals surface area contributed by atoms with Gasteiger partial charge in [-0.15, -0.1) is 0 Å². The molecule has 0 amide bonds. The smallest absolute Gasteiger partial charge is 0.425 e. The van der Waals surface area contributed by atoms with Crippen LogP contribution in [0.1, 0.15) is 111 Å². The third-order valence-electron chi connectivity index (χ3n) is 7.97. The lowest BCUT2D eigenvalue weighted by Gasteiger charge is -2.21. The number of ether oxygens (including phenoxy) is 1. The number of carbonyl (C=O) groups is 2. The molecule has 0 fully saturated rings. The second-order valence-corrected chi connectivity index (χ2v) is 12.1. The second-order valence-electron chi connectivity index (χ2n) is 12.1. The summed E-state index contributed by atoms with van der Waals surface area (Å²) in [4.78, 5) is 24.4. The highest BCUT2D eigenvalue weighted by molar-refractivity contribution is 5.95. The lowest BCUT2D eigenvalue weighted by Crippen LogP contribution is -2.34. The topological polar surface area (TPSA) is 63.6 Å². The van der Waals surface area contributed by atoms with Crippen molar-refractivity contribution in [3.8, 4) is 22.3 Å². The summed E-state index contributed by atoms with van der Waals surface area (Å²) in [6.45, 7) is 5.73. The van der Waals surface area contributed by atoms with Crippen LogP contribution in [0.15, 0.2) is 60.7 Å². The summed E-state index contributed by atoms with van der Waals surface area (Å²) in [6.07, 6.45) is 3.50. The lowest BCUT2D eigenvalue weighted by atomic mass is 9.91. The molecule has 3 aromatic rings. The van der Waals surface area contributed by atoms with Crippen molar-refractivity contribution in [2.45, 2.75) is 104 Å². The Balaban J connectivity index is 1.79. The summed E-state index contributed by atoms with van der Waals surface area (Å²) in [7, 11) is 0. The minimum absolute atomic E-state index is 0.0119. The third-order valence-corrected chi connectivity index (χ3v) is 7.97. The first-order chi connectivity index (χ1) is 21.4. The molecule has 0 radical (unpaired) electrons. The number of benzene rings is 3. The number of halogens is 4. The zero-order chi connectivity index (χ0) is 33.0. The average molecular weight is 629 g/mol. The van der Waals surface area contributed by atoms with Crippen LogP contribution >= 0.6 is 0 Å². The average Bonchev–Trinajstić information content (AvgIpc) is 2.99. The van der Waals surface area contributed by atoms with Crippen molar-refractivity contribution < 1.29 is 37.0 Å². The maximum Gasteiger partial charge on any atom is 0.425 e. The van der Waals surface area contributed by atoms with Gasteiger partial charge in [-0.3, -0.25) is 0 Å². The molecule has 3 rings (SSSR count). The Labute approximate surface area is 263 Å². The van der Waals surface area contributed by atoms with Crippen LogP contribution in [0.2, 0.25) is 0 Å². The number of carboxylic acid groups (broad SMARTS) is 1. The van der Waals surface area contributed by atoms with Crippen molar-refractivity contribution >= 4 is 11.9 Å². The quantitative estimate of drug-likeness (QED) is 0.0918. The molecule has 0 spiro atoms. The lowest BCUT2D eigenvalue weighted by molar-refractivity contribution is -0.206. The Kier molecular flexibility index (Phi) is 13.6. The van der Waals surface area contributed by atoms with Gasteiger partial charge in [0.05, 0.1) is 11.1 Å². The Morgan fingerprint density at radius 2 is 1.40 bits per heavy atom. The van der Waals surface area contributed by atoms with Gasteiger partial charge in [-0.1, -0.05) is 102 Å². The van der Waals surface area contributed by atoms with E-state index in [-0.39, 0.29) is 23.5 Å². The minimum atomic E-state index is -4.78. The van der Waals surface area contributed by atoms with Crippen LogP contribution in [0.4, 0.5) is 17.6 Å². The van der Waals surface area contributed by atoms with E-state index in [4.69, 9.17) is 4.74 Å². The molecule has 0 aliphatic carbocycles. The van der Waals surface area contributed by atoms with E-state index in [1.165, 1.54) is 68.7 Å². The molecule has 0 unspecified atom stereocenters. The highest BCUT2D eigenvalue weighted by atomic mass is 19.4. The zero-order valence-corrected chi connectivity index (χ0v) is 26.4. The number of hydrogen-bond donors (Lipinski definition) is 1. The number of carboxylic acids is 1. The fourth-order valence-corrected chi connectivity index (χ4v) is 5.30. The first kappa shape index (κ1) is 35.8. The summed E-state index contributed by atoms with van der Waals surface area (Å²) >= 11 is 0. The van der Waals surface area contributed by atoms with Gasteiger partial charge in [-0.2, -0.15) is 13.2 Å². The van der Waals surface area contributed by atoms with Crippen molar-refractivity contribution in [1.82, 2.24) is 0 Å². The SMILES string of the molecule is CCCCCCCCCCc1ccc(-c2ccc(C(=O)O)cc2-c2ccc(C(=O)O[C@H](CCC(C)C)C(F)(F)F)c(F)c2)cc1. The molecule has 0 saturated carbocycles. The first-order valence-electron chi connectivity index (χ1n) is 15.9. The Morgan fingerprint density at radius 1 is 0.778 bits per heavy atom. The van der Waals surface area contributed by atoms with Crippen LogP contribution < -0.4 is 0 Å². The predicted molar refractivity (Wildman–Crippen MR) is 170 cm³/mol. The van der Waals surface area contributed by atoms with Gasteiger partial charge in [0.25, 0.3) is 0 Å². The Morgan fingerprint density at radius 3 is 1.98 bits per heavy atom. The van der Waals surface area contributed by atoms with Gasteiger partial charge in [0.1, 0.15) is 5.82 Å². The highest BCUT2D eigenvalue weighted by Crippen LogP contribution is 2.35. The van der Waals surface area contributed by atoms with Crippen LogP contribution in [-0.2, 0) is 11.2 Å². The molecular formula is C37H44F4O4. The number of hydrogen-bond acceptors (Lipinski definition) is 3. The fraction of sp³-hybridized carbons (Fsp3) is 0.459. The van der Waals surface area contributed by atoms with Gasteiger partial charge in [0.15, 0.2) is 6.10 Å². The van der Waals surface area contributed by atoms with Crippen LogP contribution in [0.25, 0.3) is 22.3 Å². The van der Waals surface area contributed by atoms with Gasteiger partial charge in [-0.05, 0) is 83.7 Å². The number of unbranched alkanes of at least 4 members (excludes halogenated alkanes) is 7. The summed E-state index contributed by atoms with van der Waals surface area (Å²) in [5, 5.41) is 9.60. The van der Waals surface area contributed by atoms with Crippen LogP contribution in [-0.4, -0.2) is 29.3 Å². The van der Waals surface area contributed by atoms with Crippen molar-refractivity contribution in [1.29, 1.82) is 0 Å². The van der Waals surface area contributed by atoms with Gasteiger partial charge >= 0.3 is 18.1 Å². The number of aromatic carboxylic acids is 1. The molecule has 0 aliphatic heterocycles. The van der Waals surface area contributed by atoms with E-state index in [1.54, 1.807) is 19.9 Å². The normalized spacial score (nSPS) is 12.4. The van der Waals surface area contributed by atoms with E-state index in [1.807, 2.05) is 24.3 Å². The molecule has 244 valence electrons. The van der Waals surface area contributed by atoms with E-state index >= 15 is 4.39 Å². The van der Waals surface area contributed by atoms with Crippen LogP contribution in [0.3, 0.4) is 0 Å². The molecular weight excluding hydrogens is 584 g/mol. The van der Waals surface area contributed by atoms with Crippen LogP contribution in [0.5, 0.6) is 0 Å². The zero-order valence-electron chi connectivity index (χ0n) is 26.4. The Bertz CT molecular complexity index is 1400. The summed E-state index contributed by atoms with van der Waals surface area (Å²) in [5.74, 6) is -3.67. The molecule has 3 aromatic carbocycles. The Hall–Kier alpha value is -3.68. The fourth-order valence-electron chi connectivity index (χ4n) is 5.30. The molecule has 0 heterocycles. The van der Waals surface area contributed by atoms with Crippen LogP contribution in [0, 0.1) is 11.7 Å². The monoisotopic (exact) mass is 628 g/mol. The highest BCUT2D eigenvalue weighted by Gasteiger charge is 2.42. The van der Waals surface area contributed by atoms with Gasteiger partial charge in [0.2, 0.25) is 0 Å². The number of carbonyl (C=O) groups excluding carboxylic acids is 1. The van der Waals surface area contributed by atoms with Crippen molar-refractivity contribution in [2.75, 3.05) is 0 Å². The van der Waals surface area contributed by atoms with E-state index in [0.717, 1.165) is 30.5 Å². The maximum atomic E-state index is 15.2. The number of rotatable bonds is 17. The molecule has 0 aliphatic rings. The molecule has 8 heteroatoms. The van der Waals surface area contributed by atoms with E-state index in [9.17, 15) is 27.9 Å². The molecule has 4 nitrogen and oxygen atoms in total. The van der Waals surface area contributed by atoms with Gasteiger partial charge in [-0.25, -0.2) is 14.0 Å². The molecule has 0 saturated heterocycles. The second kappa shape index (κ2) is 17.1. The molecule has 0 bridgehead atoms. The van der Waals surface area contributed by atoms with Crippen molar-refractivity contribution in [3.63, 3.8) is 0 Å². The van der Waals surface area contributed by atoms with E-state index in [0.29, 0.717) is 11.1 Å². The van der Waals surface area contributed by atoms with Crippen molar-refractivity contribution in [3.05, 3.63) is 83.2 Å². The molecule has 1 atom stereocenters. The molecule has 45 heavy (non-hydrogen) atoms. The summed E-state index contributed by atoms with van der Waals surface area (Å²) < 4.78 is 60.4. The predicted octanol–water partition coefficient (Wildman–Crippen LogP) is 11.1. The maximum absolute atomic E-state index is 15.2. The van der Waals surface area contributed by atoms with Gasteiger partial charge < -0.3 is 9.84 Å². The third kappa shape index (κ3) is 11.0. The molecule has 1 N–H and O–H groups in total. The molecule has 0 aromatic heterocycles. The number of aryl methyl sites for hydroxylation is 1. The summed E-state index contributed by atoms with van der Waals surface area (Å²) in [6, 6.07) is 16.0. The largest absolute Gasteiger partial charge is 0.478 e. The van der Waals surface area contributed by atoms with Gasteiger partial charge in [0, 0.05) is 0 Å². The minimum Gasteiger partial charge on any atom is -0.478 e. The van der Waals surface area contributed by atoms with Crippen molar-refractivity contribution in [2.24, 2.45) is 5.92 Å². The van der Waals surface area contributed by atoms with E-state index < -0.39 is 42.0 Å². The van der Waals surface area contributed by atoms with E-state index in [2.05, 4.69) is 6.92 Å². The first-order valence-corrected chi connectivity index (χ1v) is 15.9. The number of alkyl halides is 3.